The fourth-order valence-corrected chi connectivity index (χ4v) is 2.04. The Bertz CT molecular complexity index is 699. The summed E-state index contributed by atoms with van der Waals surface area (Å²) in [6.45, 7) is 5.57. The molecule has 1 atom stereocenters. The Hall–Kier alpha value is -2.37. The molecule has 2 heterocycles. The standard InChI is InChI=1S/C14H18N4O2/c1-8-5-6-11(13(19)16-8)14(20)17-9(2)12-7-15-18(4)10(12)3/h5-7,9H,1-4H3,(H,16,19)(H,17,20)/t9-/m1/s1. The van der Waals surface area contributed by atoms with Crippen molar-refractivity contribution >= 4 is 5.91 Å². The van der Waals surface area contributed by atoms with Gasteiger partial charge in [-0.1, -0.05) is 0 Å². The first-order valence-electron chi connectivity index (χ1n) is 6.39. The Balaban J connectivity index is 2.19. The Morgan fingerprint density at radius 1 is 1.40 bits per heavy atom. The highest BCUT2D eigenvalue weighted by Crippen LogP contribution is 2.16. The van der Waals surface area contributed by atoms with Crippen molar-refractivity contribution < 1.29 is 4.79 Å². The van der Waals surface area contributed by atoms with Gasteiger partial charge in [0.25, 0.3) is 11.5 Å². The van der Waals surface area contributed by atoms with Gasteiger partial charge in [0.1, 0.15) is 5.56 Å². The lowest BCUT2D eigenvalue weighted by molar-refractivity contribution is 0.0938. The summed E-state index contributed by atoms with van der Waals surface area (Å²) >= 11 is 0. The lowest BCUT2D eigenvalue weighted by Crippen LogP contribution is -2.31. The highest BCUT2D eigenvalue weighted by molar-refractivity contribution is 5.94. The molecule has 0 radical (unpaired) electrons. The van der Waals surface area contributed by atoms with Crippen molar-refractivity contribution in [2.24, 2.45) is 7.05 Å². The molecule has 0 aliphatic rings. The van der Waals surface area contributed by atoms with Crippen molar-refractivity contribution in [1.29, 1.82) is 0 Å². The number of carbonyl (C=O) groups excluding carboxylic acids is 1. The third-order valence-electron chi connectivity index (χ3n) is 3.39. The maximum absolute atomic E-state index is 12.1. The molecular weight excluding hydrogens is 256 g/mol. The molecule has 106 valence electrons. The number of carbonyl (C=O) groups is 1. The van der Waals surface area contributed by atoms with Gasteiger partial charge in [-0.15, -0.1) is 0 Å². The van der Waals surface area contributed by atoms with Gasteiger partial charge in [0, 0.05) is 24.0 Å². The van der Waals surface area contributed by atoms with Crippen LogP contribution in [0.2, 0.25) is 0 Å². The lowest BCUT2D eigenvalue weighted by atomic mass is 10.1. The maximum Gasteiger partial charge on any atom is 0.260 e. The lowest BCUT2D eigenvalue weighted by Gasteiger charge is -2.13. The van der Waals surface area contributed by atoms with Gasteiger partial charge in [-0.2, -0.15) is 5.10 Å². The molecule has 2 rings (SSSR count). The fraction of sp³-hybridized carbons (Fsp3) is 0.357. The van der Waals surface area contributed by atoms with Gasteiger partial charge in [0.15, 0.2) is 0 Å². The molecule has 2 aromatic heterocycles. The fourth-order valence-electron chi connectivity index (χ4n) is 2.04. The van der Waals surface area contributed by atoms with Crippen LogP contribution in [0.4, 0.5) is 0 Å². The molecule has 0 fully saturated rings. The highest BCUT2D eigenvalue weighted by Gasteiger charge is 2.17. The summed E-state index contributed by atoms with van der Waals surface area (Å²) in [6.07, 6.45) is 1.72. The number of hydrogen-bond acceptors (Lipinski definition) is 3. The van der Waals surface area contributed by atoms with Crippen LogP contribution in [0.1, 0.15) is 40.3 Å². The van der Waals surface area contributed by atoms with Gasteiger partial charge in [-0.3, -0.25) is 14.3 Å². The number of nitrogens with zero attached hydrogens (tertiary/aromatic N) is 2. The van der Waals surface area contributed by atoms with E-state index < -0.39 is 0 Å². The molecule has 6 nitrogen and oxygen atoms in total. The summed E-state index contributed by atoms with van der Waals surface area (Å²) in [5.74, 6) is -0.387. The molecule has 1 amide bonds. The van der Waals surface area contributed by atoms with Crippen LogP contribution in [-0.4, -0.2) is 20.7 Å². The molecule has 0 aromatic carbocycles. The number of rotatable bonds is 3. The molecule has 20 heavy (non-hydrogen) atoms. The van der Waals surface area contributed by atoms with Crippen molar-refractivity contribution in [3.8, 4) is 0 Å². The summed E-state index contributed by atoms with van der Waals surface area (Å²) in [5, 5.41) is 6.96. The monoisotopic (exact) mass is 274 g/mol. The summed E-state index contributed by atoms with van der Waals surface area (Å²) in [7, 11) is 1.85. The predicted octanol–water partition coefficient (Wildman–Crippen LogP) is 1.22. The van der Waals surface area contributed by atoms with Crippen molar-refractivity contribution in [2.45, 2.75) is 26.8 Å². The summed E-state index contributed by atoms with van der Waals surface area (Å²) in [5.41, 5.74) is 2.38. The minimum Gasteiger partial charge on any atom is -0.345 e. The molecule has 0 bridgehead atoms. The first-order chi connectivity index (χ1) is 9.40. The van der Waals surface area contributed by atoms with Crippen LogP contribution in [0.25, 0.3) is 0 Å². The van der Waals surface area contributed by atoms with Crippen molar-refractivity contribution in [3.63, 3.8) is 0 Å². The van der Waals surface area contributed by atoms with E-state index in [-0.39, 0.29) is 23.1 Å². The van der Waals surface area contributed by atoms with Crippen LogP contribution < -0.4 is 10.9 Å². The number of nitrogens with one attached hydrogen (secondary N) is 2. The van der Waals surface area contributed by atoms with Gasteiger partial charge in [0.05, 0.1) is 12.2 Å². The highest BCUT2D eigenvalue weighted by atomic mass is 16.2. The molecule has 0 spiro atoms. The van der Waals surface area contributed by atoms with E-state index in [1.807, 2.05) is 20.9 Å². The zero-order valence-electron chi connectivity index (χ0n) is 12.0. The van der Waals surface area contributed by atoms with Crippen molar-refractivity contribution in [2.75, 3.05) is 0 Å². The average Bonchev–Trinajstić information content (AvgIpc) is 2.69. The molecule has 0 aliphatic carbocycles. The molecule has 0 aliphatic heterocycles. The van der Waals surface area contributed by atoms with Gasteiger partial charge >= 0.3 is 0 Å². The molecule has 0 saturated carbocycles. The molecule has 2 N–H and O–H groups in total. The van der Waals surface area contributed by atoms with Crippen LogP contribution >= 0.6 is 0 Å². The van der Waals surface area contributed by atoms with E-state index in [1.54, 1.807) is 23.9 Å². The smallest absolute Gasteiger partial charge is 0.260 e. The number of aryl methyl sites for hydroxylation is 2. The van der Waals surface area contributed by atoms with E-state index in [2.05, 4.69) is 15.4 Å². The molecule has 2 aromatic rings. The van der Waals surface area contributed by atoms with Crippen molar-refractivity contribution in [3.05, 3.63) is 51.2 Å². The summed E-state index contributed by atoms with van der Waals surface area (Å²) in [4.78, 5) is 26.5. The number of pyridine rings is 1. The number of amides is 1. The van der Waals surface area contributed by atoms with Crippen molar-refractivity contribution in [1.82, 2.24) is 20.1 Å². The molecular formula is C14H18N4O2. The number of H-pyrrole nitrogens is 1. The first-order valence-corrected chi connectivity index (χ1v) is 6.39. The van der Waals surface area contributed by atoms with E-state index in [9.17, 15) is 9.59 Å². The second kappa shape index (κ2) is 5.32. The number of aromatic nitrogens is 3. The Kier molecular flexibility index (Phi) is 3.74. The van der Waals surface area contributed by atoms with Gasteiger partial charge in [0.2, 0.25) is 0 Å². The summed E-state index contributed by atoms with van der Waals surface area (Å²) < 4.78 is 1.75. The average molecular weight is 274 g/mol. The largest absolute Gasteiger partial charge is 0.345 e. The van der Waals surface area contributed by atoms with Crippen LogP contribution in [0.15, 0.2) is 23.1 Å². The number of aromatic amines is 1. The summed E-state index contributed by atoms with van der Waals surface area (Å²) in [6, 6.07) is 3.03. The van der Waals surface area contributed by atoms with E-state index >= 15 is 0 Å². The van der Waals surface area contributed by atoms with E-state index in [4.69, 9.17) is 0 Å². The Labute approximate surface area is 116 Å². The van der Waals surface area contributed by atoms with Crippen LogP contribution in [0.3, 0.4) is 0 Å². The quantitative estimate of drug-likeness (QED) is 0.883. The molecule has 0 unspecified atom stereocenters. The van der Waals surface area contributed by atoms with E-state index in [0.717, 1.165) is 17.0 Å². The van der Waals surface area contributed by atoms with Gasteiger partial charge in [-0.25, -0.2) is 0 Å². The SMILES string of the molecule is Cc1ccc(C(=O)N[C@H](C)c2cnn(C)c2C)c(=O)[nH]1. The van der Waals surface area contributed by atoms with Crippen LogP contribution in [-0.2, 0) is 7.05 Å². The second-order valence-corrected chi connectivity index (χ2v) is 4.89. The zero-order valence-corrected chi connectivity index (χ0v) is 12.0. The third-order valence-corrected chi connectivity index (χ3v) is 3.39. The minimum absolute atomic E-state index is 0.115. The third kappa shape index (κ3) is 2.64. The Morgan fingerprint density at radius 3 is 2.65 bits per heavy atom. The Morgan fingerprint density at radius 2 is 2.10 bits per heavy atom. The number of hydrogen-bond donors (Lipinski definition) is 2. The van der Waals surface area contributed by atoms with E-state index in [0.29, 0.717) is 0 Å². The first kappa shape index (κ1) is 14.0. The van der Waals surface area contributed by atoms with Gasteiger partial charge < -0.3 is 10.3 Å². The van der Waals surface area contributed by atoms with Crippen LogP contribution in [0, 0.1) is 13.8 Å². The zero-order chi connectivity index (χ0) is 14.9. The second-order valence-electron chi connectivity index (χ2n) is 4.89. The maximum atomic E-state index is 12.1. The topological polar surface area (TPSA) is 79.8 Å². The predicted molar refractivity (Wildman–Crippen MR) is 75.6 cm³/mol. The van der Waals surface area contributed by atoms with E-state index in [1.165, 1.54) is 6.07 Å². The molecule has 6 heteroatoms. The van der Waals surface area contributed by atoms with Crippen LogP contribution in [0.5, 0.6) is 0 Å². The normalized spacial score (nSPS) is 12.2. The minimum atomic E-state index is -0.387. The van der Waals surface area contributed by atoms with Gasteiger partial charge in [-0.05, 0) is 32.9 Å². The molecule has 0 saturated heterocycles.